The number of nitrogen functional groups attached to an aromatic ring is 1. The van der Waals surface area contributed by atoms with Gasteiger partial charge >= 0.3 is 5.69 Å². The van der Waals surface area contributed by atoms with Crippen LogP contribution < -0.4 is 11.4 Å². The van der Waals surface area contributed by atoms with Gasteiger partial charge in [-0.1, -0.05) is 30.3 Å². The van der Waals surface area contributed by atoms with E-state index in [4.69, 9.17) is 5.73 Å². The van der Waals surface area contributed by atoms with Crippen LogP contribution in [-0.2, 0) is 6.54 Å². The average Bonchev–Trinajstić information content (AvgIpc) is 3.03. The highest BCUT2D eigenvalue weighted by Gasteiger charge is 2.19. The molecule has 0 spiro atoms. The third-order valence-corrected chi connectivity index (χ3v) is 3.32. The minimum Gasteiger partial charge on any atom is -0.383 e. The maximum absolute atomic E-state index is 12.5. The molecule has 0 unspecified atom stereocenters. The predicted molar refractivity (Wildman–Crippen MR) is 81.7 cm³/mol. The van der Waals surface area contributed by atoms with Crippen molar-refractivity contribution < 1.29 is 4.79 Å². The summed E-state index contributed by atoms with van der Waals surface area (Å²) in [6.45, 7) is 2.04. The van der Waals surface area contributed by atoms with E-state index in [1.165, 1.54) is 10.8 Å². The quantitative estimate of drug-likeness (QED) is 0.753. The van der Waals surface area contributed by atoms with Crippen LogP contribution in [0.5, 0.6) is 0 Å². The van der Waals surface area contributed by atoms with Crippen molar-refractivity contribution in [3.8, 4) is 0 Å². The number of anilines is 1. The number of aryl methyl sites for hydroxylation is 1. The fraction of sp³-hybridized carbons (Fsp3) is 0.133. The average molecular weight is 297 g/mol. The zero-order chi connectivity index (χ0) is 15.7. The molecular formula is C15H15N5O2. The van der Waals surface area contributed by atoms with Crippen LogP contribution in [0.25, 0.3) is 0 Å². The van der Waals surface area contributed by atoms with E-state index in [0.717, 1.165) is 10.2 Å². The largest absolute Gasteiger partial charge is 0.383 e. The summed E-state index contributed by atoms with van der Waals surface area (Å²) in [4.78, 5) is 27.0. The van der Waals surface area contributed by atoms with Gasteiger partial charge in [0.05, 0.1) is 12.2 Å². The molecule has 0 aliphatic rings. The number of nitrogens with two attached hydrogens (primary N) is 1. The lowest BCUT2D eigenvalue weighted by Gasteiger charge is -2.07. The summed E-state index contributed by atoms with van der Waals surface area (Å²) in [6, 6.07) is 11.0. The van der Waals surface area contributed by atoms with Gasteiger partial charge in [0.1, 0.15) is 11.5 Å². The number of H-pyrrole nitrogens is 1. The van der Waals surface area contributed by atoms with Gasteiger partial charge in [-0.15, -0.1) is 0 Å². The molecule has 0 aliphatic carbocycles. The molecule has 3 aromatic rings. The molecular weight excluding hydrogens is 282 g/mol. The molecule has 0 fully saturated rings. The van der Waals surface area contributed by atoms with Crippen molar-refractivity contribution in [3.63, 3.8) is 0 Å². The second kappa shape index (κ2) is 5.36. The Labute approximate surface area is 126 Å². The van der Waals surface area contributed by atoms with E-state index in [-0.39, 0.29) is 17.2 Å². The van der Waals surface area contributed by atoms with Crippen LogP contribution in [0.1, 0.15) is 21.7 Å². The van der Waals surface area contributed by atoms with Gasteiger partial charge < -0.3 is 10.7 Å². The lowest BCUT2D eigenvalue weighted by Crippen LogP contribution is -2.25. The number of imidazole rings is 1. The summed E-state index contributed by atoms with van der Waals surface area (Å²) in [7, 11) is 0. The third kappa shape index (κ3) is 2.44. The van der Waals surface area contributed by atoms with Gasteiger partial charge in [0.2, 0.25) is 0 Å². The zero-order valence-corrected chi connectivity index (χ0v) is 12.0. The Hall–Kier alpha value is -3.09. The SMILES string of the molecule is Cc1cc(N)n(C(=O)c2c[nH]c(=O)n2Cc2ccccc2)n1. The molecule has 0 radical (unpaired) electrons. The summed E-state index contributed by atoms with van der Waals surface area (Å²) < 4.78 is 2.47. The van der Waals surface area contributed by atoms with Crippen LogP contribution >= 0.6 is 0 Å². The van der Waals surface area contributed by atoms with Crippen LogP contribution in [-0.4, -0.2) is 25.2 Å². The highest BCUT2D eigenvalue weighted by molar-refractivity contribution is 5.95. The van der Waals surface area contributed by atoms with Crippen LogP contribution in [0.2, 0.25) is 0 Å². The Morgan fingerprint density at radius 2 is 2.05 bits per heavy atom. The van der Waals surface area contributed by atoms with Gasteiger partial charge in [0.25, 0.3) is 5.91 Å². The van der Waals surface area contributed by atoms with E-state index >= 15 is 0 Å². The Morgan fingerprint density at radius 3 is 2.68 bits per heavy atom. The second-order valence-electron chi connectivity index (χ2n) is 4.98. The summed E-state index contributed by atoms with van der Waals surface area (Å²) in [5.41, 5.74) is 7.19. The Morgan fingerprint density at radius 1 is 1.32 bits per heavy atom. The number of hydrogen-bond acceptors (Lipinski definition) is 4. The molecule has 22 heavy (non-hydrogen) atoms. The summed E-state index contributed by atoms with van der Waals surface area (Å²) in [5, 5.41) is 4.06. The molecule has 0 aliphatic heterocycles. The lowest BCUT2D eigenvalue weighted by molar-refractivity contribution is 0.0938. The van der Waals surface area contributed by atoms with E-state index in [0.29, 0.717) is 12.2 Å². The zero-order valence-electron chi connectivity index (χ0n) is 12.0. The highest BCUT2D eigenvalue weighted by Crippen LogP contribution is 2.10. The summed E-state index contributed by atoms with van der Waals surface area (Å²) in [5.74, 6) is -0.206. The van der Waals surface area contributed by atoms with Gasteiger partial charge in [0.15, 0.2) is 0 Å². The fourth-order valence-corrected chi connectivity index (χ4v) is 2.29. The van der Waals surface area contributed by atoms with Crippen LogP contribution in [0.3, 0.4) is 0 Å². The number of aromatic nitrogens is 4. The van der Waals surface area contributed by atoms with Gasteiger partial charge in [-0.3, -0.25) is 9.36 Å². The molecule has 7 nitrogen and oxygen atoms in total. The van der Waals surface area contributed by atoms with Gasteiger partial charge in [-0.2, -0.15) is 9.78 Å². The minimum absolute atomic E-state index is 0.212. The molecule has 0 bridgehead atoms. The number of nitrogens with one attached hydrogen (secondary N) is 1. The van der Waals surface area contributed by atoms with Gasteiger partial charge in [-0.05, 0) is 12.5 Å². The molecule has 0 amide bonds. The molecule has 2 aromatic heterocycles. The lowest BCUT2D eigenvalue weighted by atomic mass is 10.2. The van der Waals surface area contributed by atoms with Crippen molar-refractivity contribution in [2.45, 2.75) is 13.5 Å². The fourth-order valence-electron chi connectivity index (χ4n) is 2.29. The van der Waals surface area contributed by atoms with Crippen LogP contribution in [0.4, 0.5) is 5.82 Å². The number of hydrogen-bond donors (Lipinski definition) is 2. The van der Waals surface area contributed by atoms with E-state index < -0.39 is 5.91 Å². The summed E-state index contributed by atoms with van der Waals surface area (Å²) in [6.07, 6.45) is 1.38. The van der Waals surface area contributed by atoms with Crippen LogP contribution in [0, 0.1) is 6.92 Å². The first-order valence-electron chi connectivity index (χ1n) is 6.75. The number of benzene rings is 1. The van der Waals surface area contributed by atoms with Gasteiger partial charge in [-0.25, -0.2) is 4.79 Å². The third-order valence-electron chi connectivity index (χ3n) is 3.32. The maximum Gasteiger partial charge on any atom is 0.326 e. The molecule has 0 atom stereocenters. The van der Waals surface area contributed by atoms with E-state index in [9.17, 15) is 9.59 Å². The first-order chi connectivity index (χ1) is 10.6. The molecule has 1 aromatic carbocycles. The van der Waals surface area contributed by atoms with Crippen molar-refractivity contribution in [2.75, 3.05) is 5.73 Å². The van der Waals surface area contributed by atoms with Crippen molar-refractivity contribution in [3.05, 3.63) is 70.0 Å². The first-order valence-corrected chi connectivity index (χ1v) is 6.75. The maximum atomic E-state index is 12.5. The summed E-state index contributed by atoms with van der Waals surface area (Å²) >= 11 is 0. The smallest absolute Gasteiger partial charge is 0.326 e. The molecule has 0 saturated carbocycles. The molecule has 3 rings (SSSR count). The Kier molecular flexibility index (Phi) is 3.38. The van der Waals surface area contributed by atoms with Crippen molar-refractivity contribution >= 4 is 11.7 Å². The van der Waals surface area contributed by atoms with Crippen molar-refractivity contribution in [2.24, 2.45) is 0 Å². The first kappa shape index (κ1) is 13.9. The monoisotopic (exact) mass is 297 g/mol. The van der Waals surface area contributed by atoms with E-state index in [1.807, 2.05) is 30.3 Å². The van der Waals surface area contributed by atoms with Crippen molar-refractivity contribution in [1.29, 1.82) is 0 Å². The number of carbonyl (C=O) groups is 1. The highest BCUT2D eigenvalue weighted by atomic mass is 16.2. The van der Waals surface area contributed by atoms with E-state index in [2.05, 4.69) is 10.1 Å². The molecule has 112 valence electrons. The number of aromatic amines is 1. The topological polar surface area (TPSA) is 98.7 Å². The number of carbonyl (C=O) groups excluding carboxylic acids is 1. The van der Waals surface area contributed by atoms with Gasteiger partial charge in [0, 0.05) is 12.3 Å². The molecule has 7 heteroatoms. The standard InChI is InChI=1S/C15H15N5O2/c1-10-7-13(16)20(18-10)14(21)12-8-17-15(22)19(12)9-11-5-3-2-4-6-11/h2-8H,9,16H2,1H3,(H,17,22). The minimum atomic E-state index is -0.445. The Bertz CT molecular complexity index is 873. The van der Waals surface area contributed by atoms with Crippen molar-refractivity contribution in [1.82, 2.24) is 19.3 Å². The van der Waals surface area contributed by atoms with Crippen LogP contribution in [0.15, 0.2) is 47.4 Å². The second-order valence-corrected chi connectivity index (χ2v) is 4.98. The molecule has 2 heterocycles. The van der Waals surface area contributed by atoms with E-state index in [1.54, 1.807) is 13.0 Å². The normalized spacial score (nSPS) is 10.8. The predicted octanol–water partition coefficient (Wildman–Crippen LogP) is 1.00. The molecule has 0 saturated heterocycles. The molecule has 3 N–H and O–H groups in total. The number of nitrogens with zero attached hydrogens (tertiary/aromatic N) is 3. The number of rotatable bonds is 3. The Balaban J connectivity index is 2.00.